The number of hydrogen-bond acceptors (Lipinski definition) is 4. The number of ether oxygens (including phenoxy) is 1. The third-order valence-electron chi connectivity index (χ3n) is 2.33. The SMILES string of the molecule is COc1ccc(S(=O)(=O)Nc2ccccn2)c(Cl)c1. The summed E-state index contributed by atoms with van der Waals surface area (Å²) in [5.41, 5.74) is 0. The van der Waals surface area contributed by atoms with Gasteiger partial charge in [-0.1, -0.05) is 17.7 Å². The molecule has 0 aliphatic carbocycles. The Morgan fingerprint density at radius 2 is 2.05 bits per heavy atom. The number of nitrogens with zero attached hydrogens (tertiary/aromatic N) is 1. The molecule has 2 rings (SSSR count). The fraction of sp³-hybridized carbons (Fsp3) is 0.0833. The molecule has 1 aromatic heterocycles. The number of halogens is 1. The molecule has 0 aliphatic heterocycles. The van der Waals surface area contributed by atoms with Crippen LogP contribution >= 0.6 is 11.6 Å². The summed E-state index contributed by atoms with van der Waals surface area (Å²) in [4.78, 5) is 3.87. The highest BCUT2D eigenvalue weighted by atomic mass is 35.5. The van der Waals surface area contributed by atoms with E-state index in [1.165, 1.54) is 31.5 Å². The number of anilines is 1. The average Bonchev–Trinajstić information content (AvgIpc) is 2.38. The minimum Gasteiger partial charge on any atom is -0.497 e. The molecule has 0 spiro atoms. The fourth-order valence-corrected chi connectivity index (χ4v) is 2.99. The molecule has 5 nitrogen and oxygen atoms in total. The summed E-state index contributed by atoms with van der Waals surface area (Å²) in [5, 5.41) is 0.0859. The first-order chi connectivity index (χ1) is 9.03. The predicted molar refractivity (Wildman–Crippen MR) is 73.0 cm³/mol. The maximum Gasteiger partial charge on any atom is 0.264 e. The molecular formula is C12H11ClN2O3S. The highest BCUT2D eigenvalue weighted by Crippen LogP contribution is 2.27. The van der Waals surface area contributed by atoms with Gasteiger partial charge in [0.15, 0.2) is 0 Å². The summed E-state index contributed by atoms with van der Waals surface area (Å²) in [6.45, 7) is 0. The molecule has 19 heavy (non-hydrogen) atoms. The zero-order valence-electron chi connectivity index (χ0n) is 10.00. The minimum absolute atomic E-state index is 0.0272. The Kier molecular flexibility index (Phi) is 3.92. The summed E-state index contributed by atoms with van der Waals surface area (Å²) in [5.74, 6) is 0.719. The standard InChI is InChI=1S/C12H11ClN2O3S/c1-18-9-5-6-11(10(13)8-9)19(16,17)15-12-4-2-3-7-14-12/h2-8H,1H3,(H,14,15). The lowest BCUT2D eigenvalue weighted by Gasteiger charge is -2.09. The van der Waals surface area contributed by atoms with Crippen molar-refractivity contribution < 1.29 is 13.2 Å². The van der Waals surface area contributed by atoms with Crippen molar-refractivity contribution in [3.8, 4) is 5.75 Å². The van der Waals surface area contributed by atoms with Crippen LogP contribution < -0.4 is 9.46 Å². The van der Waals surface area contributed by atoms with Gasteiger partial charge in [0.1, 0.15) is 16.5 Å². The Balaban J connectivity index is 2.35. The number of pyridine rings is 1. The van der Waals surface area contributed by atoms with E-state index in [0.717, 1.165) is 0 Å². The van der Waals surface area contributed by atoms with E-state index in [9.17, 15) is 8.42 Å². The first-order valence-corrected chi connectivity index (χ1v) is 7.16. The van der Waals surface area contributed by atoms with E-state index in [-0.39, 0.29) is 15.7 Å². The molecule has 2 aromatic rings. The van der Waals surface area contributed by atoms with E-state index in [1.54, 1.807) is 18.2 Å². The Morgan fingerprint density at radius 3 is 2.63 bits per heavy atom. The van der Waals surface area contributed by atoms with E-state index in [1.807, 2.05) is 0 Å². The van der Waals surface area contributed by atoms with Crippen LogP contribution in [0.4, 0.5) is 5.82 Å². The number of aromatic nitrogens is 1. The first-order valence-electron chi connectivity index (χ1n) is 5.30. The maximum absolute atomic E-state index is 12.1. The average molecular weight is 299 g/mol. The van der Waals surface area contributed by atoms with Crippen molar-refractivity contribution in [2.75, 3.05) is 11.8 Å². The van der Waals surface area contributed by atoms with E-state index in [0.29, 0.717) is 5.75 Å². The van der Waals surface area contributed by atoms with Crippen molar-refractivity contribution in [3.63, 3.8) is 0 Å². The van der Waals surface area contributed by atoms with Gasteiger partial charge < -0.3 is 4.74 Å². The van der Waals surface area contributed by atoms with E-state index < -0.39 is 10.0 Å². The number of sulfonamides is 1. The smallest absolute Gasteiger partial charge is 0.264 e. The molecule has 7 heteroatoms. The van der Waals surface area contributed by atoms with E-state index >= 15 is 0 Å². The molecule has 0 bridgehead atoms. The Bertz CT molecular complexity index is 675. The van der Waals surface area contributed by atoms with Gasteiger partial charge in [-0.05, 0) is 24.3 Å². The van der Waals surface area contributed by atoms with E-state index in [4.69, 9.17) is 16.3 Å². The van der Waals surface area contributed by atoms with Crippen LogP contribution in [-0.2, 0) is 10.0 Å². The van der Waals surface area contributed by atoms with Crippen LogP contribution in [0.2, 0.25) is 5.02 Å². The van der Waals surface area contributed by atoms with Gasteiger partial charge in [-0.2, -0.15) is 0 Å². The van der Waals surface area contributed by atoms with Gasteiger partial charge in [-0.3, -0.25) is 4.72 Å². The fourth-order valence-electron chi connectivity index (χ4n) is 1.44. The molecule has 0 unspecified atom stereocenters. The van der Waals surface area contributed by atoms with Crippen molar-refractivity contribution in [2.24, 2.45) is 0 Å². The lowest BCUT2D eigenvalue weighted by molar-refractivity contribution is 0.414. The topological polar surface area (TPSA) is 68.3 Å². The maximum atomic E-state index is 12.1. The number of benzene rings is 1. The van der Waals surface area contributed by atoms with Crippen molar-refractivity contribution >= 4 is 27.4 Å². The molecule has 0 amide bonds. The van der Waals surface area contributed by atoms with Gasteiger partial charge in [0.05, 0.1) is 12.1 Å². The van der Waals surface area contributed by atoms with Crippen LogP contribution in [0, 0.1) is 0 Å². The molecular weight excluding hydrogens is 288 g/mol. The third-order valence-corrected chi connectivity index (χ3v) is 4.17. The molecule has 1 N–H and O–H groups in total. The zero-order valence-corrected chi connectivity index (χ0v) is 11.6. The molecule has 0 radical (unpaired) electrons. The Labute approximate surface area is 116 Å². The number of hydrogen-bond donors (Lipinski definition) is 1. The van der Waals surface area contributed by atoms with Crippen molar-refractivity contribution in [3.05, 3.63) is 47.6 Å². The summed E-state index contributed by atoms with van der Waals surface area (Å²) in [6, 6.07) is 9.27. The normalized spacial score (nSPS) is 11.1. The first kappa shape index (κ1) is 13.6. The molecule has 0 saturated heterocycles. The van der Waals surface area contributed by atoms with Gasteiger partial charge in [-0.15, -0.1) is 0 Å². The van der Waals surface area contributed by atoms with Crippen molar-refractivity contribution in [1.82, 2.24) is 4.98 Å². The molecule has 0 aliphatic rings. The lowest BCUT2D eigenvalue weighted by atomic mass is 10.3. The van der Waals surface area contributed by atoms with Gasteiger partial charge in [-0.25, -0.2) is 13.4 Å². The summed E-state index contributed by atoms with van der Waals surface area (Å²) < 4.78 is 31.6. The largest absolute Gasteiger partial charge is 0.497 e. The van der Waals surface area contributed by atoms with Crippen LogP contribution in [0.5, 0.6) is 5.75 Å². The number of nitrogens with one attached hydrogen (secondary N) is 1. The second-order valence-corrected chi connectivity index (χ2v) is 5.67. The highest BCUT2D eigenvalue weighted by molar-refractivity contribution is 7.92. The quantitative estimate of drug-likeness (QED) is 0.942. The molecule has 0 saturated carbocycles. The Hall–Kier alpha value is -1.79. The monoisotopic (exact) mass is 298 g/mol. The van der Waals surface area contributed by atoms with Crippen LogP contribution in [0.15, 0.2) is 47.5 Å². The molecule has 100 valence electrons. The Morgan fingerprint density at radius 1 is 1.26 bits per heavy atom. The van der Waals surface area contributed by atoms with Crippen LogP contribution in [0.25, 0.3) is 0 Å². The van der Waals surface area contributed by atoms with Crippen LogP contribution in [-0.4, -0.2) is 20.5 Å². The number of rotatable bonds is 4. The molecule has 0 atom stereocenters. The zero-order chi connectivity index (χ0) is 13.9. The van der Waals surface area contributed by atoms with Gasteiger partial charge >= 0.3 is 0 Å². The molecule has 1 heterocycles. The highest BCUT2D eigenvalue weighted by Gasteiger charge is 2.18. The second-order valence-electron chi connectivity index (χ2n) is 3.62. The minimum atomic E-state index is -3.77. The lowest BCUT2D eigenvalue weighted by Crippen LogP contribution is -2.14. The third kappa shape index (κ3) is 3.15. The van der Waals surface area contributed by atoms with E-state index in [2.05, 4.69) is 9.71 Å². The summed E-state index contributed by atoms with van der Waals surface area (Å²) in [6.07, 6.45) is 1.49. The van der Waals surface area contributed by atoms with Crippen LogP contribution in [0.3, 0.4) is 0 Å². The summed E-state index contributed by atoms with van der Waals surface area (Å²) in [7, 11) is -2.29. The van der Waals surface area contributed by atoms with Crippen LogP contribution in [0.1, 0.15) is 0 Å². The molecule has 0 fully saturated rings. The number of methoxy groups -OCH3 is 1. The van der Waals surface area contributed by atoms with Crippen molar-refractivity contribution in [2.45, 2.75) is 4.90 Å². The predicted octanol–water partition coefficient (Wildman–Crippen LogP) is 2.54. The van der Waals surface area contributed by atoms with Gasteiger partial charge in [0.25, 0.3) is 10.0 Å². The summed E-state index contributed by atoms with van der Waals surface area (Å²) >= 11 is 5.94. The molecule has 1 aromatic carbocycles. The van der Waals surface area contributed by atoms with Gasteiger partial charge in [0.2, 0.25) is 0 Å². The second kappa shape index (κ2) is 5.46. The van der Waals surface area contributed by atoms with Gasteiger partial charge in [0, 0.05) is 12.3 Å². The van der Waals surface area contributed by atoms with Crippen molar-refractivity contribution in [1.29, 1.82) is 0 Å².